The number of likely N-dealkylation sites (tertiary alicyclic amines) is 1. The molecule has 3 aliphatic heterocycles. The number of primary amides is 1. The second-order valence-electron chi connectivity index (χ2n) is 9.86. The third-order valence-electron chi connectivity index (χ3n) is 7.92. The van der Waals surface area contributed by atoms with Crippen molar-refractivity contribution in [2.45, 2.75) is 88.3 Å². The maximum Gasteiger partial charge on any atom is 0.237 e. The van der Waals surface area contributed by atoms with Crippen molar-refractivity contribution in [1.82, 2.24) is 14.5 Å². The maximum absolute atomic E-state index is 12.6. The molecule has 0 aromatic rings. The lowest BCUT2D eigenvalue weighted by molar-refractivity contribution is -0.131. The van der Waals surface area contributed by atoms with Gasteiger partial charge in [-0.3, -0.25) is 9.69 Å². The highest BCUT2D eigenvalue weighted by atomic mass is 32.2. The second kappa shape index (κ2) is 8.81. The van der Waals surface area contributed by atoms with Crippen LogP contribution in [0.2, 0.25) is 0 Å². The van der Waals surface area contributed by atoms with Crippen LogP contribution in [0.25, 0.3) is 0 Å². The van der Waals surface area contributed by atoms with E-state index in [1.165, 1.54) is 25.7 Å². The molecule has 4 rings (SSSR count). The van der Waals surface area contributed by atoms with Crippen molar-refractivity contribution < 1.29 is 13.2 Å². The molecule has 29 heavy (non-hydrogen) atoms. The largest absolute Gasteiger partial charge is 0.368 e. The van der Waals surface area contributed by atoms with E-state index in [0.717, 1.165) is 71.1 Å². The molecule has 1 aliphatic carbocycles. The minimum atomic E-state index is -3.20. The number of nitrogens with zero attached hydrogens (tertiary/aromatic N) is 2. The van der Waals surface area contributed by atoms with E-state index in [1.54, 1.807) is 0 Å². The zero-order valence-electron chi connectivity index (χ0n) is 17.7. The summed E-state index contributed by atoms with van der Waals surface area (Å²) in [6, 6.07) is 0.510. The van der Waals surface area contributed by atoms with E-state index in [1.807, 2.05) is 0 Å². The molecule has 3 N–H and O–H groups in total. The monoisotopic (exact) mass is 426 g/mol. The van der Waals surface area contributed by atoms with Gasteiger partial charge in [-0.15, -0.1) is 0 Å². The van der Waals surface area contributed by atoms with Gasteiger partial charge in [0, 0.05) is 31.7 Å². The average Bonchev–Trinajstić information content (AvgIpc) is 3.18. The zero-order chi connectivity index (χ0) is 20.5. The van der Waals surface area contributed by atoms with Crippen molar-refractivity contribution in [3.8, 4) is 0 Å². The summed E-state index contributed by atoms with van der Waals surface area (Å²) in [6.45, 7) is 3.42. The van der Waals surface area contributed by atoms with Crippen LogP contribution in [0, 0.1) is 5.92 Å². The molecule has 7 nitrogen and oxygen atoms in total. The van der Waals surface area contributed by atoms with Crippen LogP contribution in [0.3, 0.4) is 0 Å². The van der Waals surface area contributed by atoms with Crippen LogP contribution in [0.1, 0.15) is 70.6 Å². The molecule has 2 bridgehead atoms. The summed E-state index contributed by atoms with van der Waals surface area (Å²) >= 11 is 0. The first-order valence-electron chi connectivity index (χ1n) is 11.7. The van der Waals surface area contributed by atoms with Crippen molar-refractivity contribution in [2.75, 3.05) is 31.9 Å². The predicted octanol–water partition coefficient (Wildman–Crippen LogP) is 1.43. The van der Waals surface area contributed by atoms with Gasteiger partial charge in [-0.25, -0.2) is 13.1 Å². The molecule has 4 aliphatic rings. The molecule has 1 amide bonds. The van der Waals surface area contributed by atoms with Crippen molar-refractivity contribution in [1.29, 1.82) is 0 Å². The average molecular weight is 427 g/mol. The highest BCUT2D eigenvalue weighted by Gasteiger charge is 2.52. The van der Waals surface area contributed by atoms with Gasteiger partial charge in [0.05, 0.1) is 5.75 Å². The Hall–Kier alpha value is -0.700. The summed E-state index contributed by atoms with van der Waals surface area (Å²) in [6.07, 6.45) is 11.7. The topological polar surface area (TPSA) is 95.7 Å². The molecule has 4 fully saturated rings. The van der Waals surface area contributed by atoms with Gasteiger partial charge in [-0.2, -0.15) is 0 Å². The van der Waals surface area contributed by atoms with Crippen LogP contribution in [-0.4, -0.2) is 73.7 Å². The number of carbonyl (C=O) groups excluding carboxylic acids is 1. The number of hydrogen-bond acceptors (Lipinski definition) is 5. The number of amides is 1. The molecule has 0 aromatic heterocycles. The molecule has 1 saturated carbocycles. The Bertz CT molecular complexity index is 690. The Kier molecular flexibility index (Phi) is 6.54. The van der Waals surface area contributed by atoms with E-state index in [-0.39, 0.29) is 11.9 Å². The summed E-state index contributed by atoms with van der Waals surface area (Å²) in [5.74, 6) is 0.466. The summed E-state index contributed by atoms with van der Waals surface area (Å²) in [4.78, 5) is 16.9. The summed E-state index contributed by atoms with van der Waals surface area (Å²) < 4.78 is 28.1. The molecule has 0 aromatic carbocycles. The number of carbonyl (C=O) groups is 1. The van der Waals surface area contributed by atoms with Gasteiger partial charge in [-0.05, 0) is 63.8 Å². The summed E-state index contributed by atoms with van der Waals surface area (Å²) in [5.41, 5.74) is 5.38. The molecule has 166 valence electrons. The van der Waals surface area contributed by atoms with Crippen molar-refractivity contribution in [2.24, 2.45) is 11.7 Å². The number of nitrogens with two attached hydrogens (primary N) is 1. The molecule has 8 heteroatoms. The van der Waals surface area contributed by atoms with E-state index in [0.29, 0.717) is 17.7 Å². The normalized spacial score (nSPS) is 34.6. The highest BCUT2D eigenvalue weighted by molar-refractivity contribution is 7.89. The maximum atomic E-state index is 12.6. The lowest BCUT2D eigenvalue weighted by Gasteiger charge is -2.43. The van der Waals surface area contributed by atoms with Crippen LogP contribution in [0.5, 0.6) is 0 Å². The number of piperidine rings is 1. The predicted molar refractivity (Wildman–Crippen MR) is 114 cm³/mol. The van der Waals surface area contributed by atoms with Gasteiger partial charge in [0.25, 0.3) is 0 Å². The van der Waals surface area contributed by atoms with Crippen molar-refractivity contribution >= 4 is 15.9 Å². The van der Waals surface area contributed by atoms with Crippen LogP contribution in [0.4, 0.5) is 0 Å². The lowest BCUT2D eigenvalue weighted by atomic mass is 9.87. The lowest BCUT2D eigenvalue weighted by Crippen LogP contribution is -2.59. The smallest absolute Gasteiger partial charge is 0.237 e. The summed E-state index contributed by atoms with van der Waals surface area (Å²) in [7, 11) is -3.20. The molecule has 0 unspecified atom stereocenters. The third kappa shape index (κ3) is 4.81. The first-order valence-corrected chi connectivity index (χ1v) is 13.3. The van der Waals surface area contributed by atoms with Crippen LogP contribution in [0.15, 0.2) is 0 Å². The first kappa shape index (κ1) is 21.5. The standard InChI is InChI=1S/C21H38N4O3S/c22-20(26)21-10-4-7-19(8-11-21)25(21)14-13-24-12-9-18(15-24)23-29(27,28)16-17-5-2-1-3-6-17/h17-19,23H,1-16H2,(H2,22,26)/t18-,19-,21+/m1/s1. The first-order chi connectivity index (χ1) is 13.9. The van der Waals surface area contributed by atoms with E-state index in [2.05, 4.69) is 14.5 Å². The van der Waals surface area contributed by atoms with E-state index in [4.69, 9.17) is 5.73 Å². The molecule has 0 radical (unpaired) electrons. The van der Waals surface area contributed by atoms with Crippen molar-refractivity contribution in [3.05, 3.63) is 0 Å². The van der Waals surface area contributed by atoms with Gasteiger partial charge < -0.3 is 10.6 Å². The Morgan fingerprint density at radius 3 is 2.55 bits per heavy atom. The Morgan fingerprint density at radius 1 is 1.00 bits per heavy atom. The molecule has 3 heterocycles. The van der Waals surface area contributed by atoms with Crippen LogP contribution < -0.4 is 10.5 Å². The quantitative estimate of drug-likeness (QED) is 0.612. The SMILES string of the molecule is NC(=O)[C@]12CCC[C@H](CC1)N2CCN1CC[C@@H](NS(=O)(=O)CC2CCCCC2)C1. The number of nitrogens with one attached hydrogen (secondary N) is 1. The fraction of sp³-hybridized carbons (Fsp3) is 0.952. The molecule has 3 saturated heterocycles. The summed E-state index contributed by atoms with van der Waals surface area (Å²) in [5, 5.41) is 0. The van der Waals surface area contributed by atoms with Gasteiger partial charge in [0.15, 0.2) is 0 Å². The fourth-order valence-electron chi connectivity index (χ4n) is 6.39. The Morgan fingerprint density at radius 2 is 1.79 bits per heavy atom. The molecular weight excluding hydrogens is 388 g/mol. The number of sulfonamides is 1. The van der Waals surface area contributed by atoms with Gasteiger partial charge >= 0.3 is 0 Å². The highest BCUT2D eigenvalue weighted by Crippen LogP contribution is 2.43. The van der Waals surface area contributed by atoms with E-state index < -0.39 is 15.6 Å². The Balaban J connectivity index is 1.25. The molecular formula is C21H38N4O3S. The number of hydrogen-bond donors (Lipinski definition) is 2. The van der Waals surface area contributed by atoms with E-state index >= 15 is 0 Å². The minimum absolute atomic E-state index is 0.0202. The second-order valence-corrected chi connectivity index (χ2v) is 11.7. The third-order valence-corrected chi connectivity index (χ3v) is 9.53. The molecule has 0 spiro atoms. The fourth-order valence-corrected chi connectivity index (χ4v) is 8.14. The van der Waals surface area contributed by atoms with Gasteiger partial charge in [-0.1, -0.05) is 19.3 Å². The number of rotatable bonds is 8. The van der Waals surface area contributed by atoms with Crippen molar-refractivity contribution in [3.63, 3.8) is 0 Å². The molecule has 3 atom stereocenters. The van der Waals surface area contributed by atoms with E-state index in [9.17, 15) is 13.2 Å². The van der Waals surface area contributed by atoms with Crippen LogP contribution >= 0.6 is 0 Å². The zero-order valence-corrected chi connectivity index (χ0v) is 18.5. The Labute approximate surface area is 175 Å². The van der Waals surface area contributed by atoms with Gasteiger partial charge in [0.2, 0.25) is 15.9 Å². The number of fused-ring (bicyclic) bond motifs is 2. The van der Waals surface area contributed by atoms with Crippen LogP contribution in [-0.2, 0) is 14.8 Å². The minimum Gasteiger partial charge on any atom is -0.368 e. The van der Waals surface area contributed by atoms with Gasteiger partial charge in [0.1, 0.15) is 5.54 Å².